The number of benzene rings is 1. The van der Waals surface area contributed by atoms with Crippen LogP contribution in [0.2, 0.25) is 10.0 Å². The summed E-state index contributed by atoms with van der Waals surface area (Å²) < 4.78 is 10.8. The first-order chi connectivity index (χ1) is 13.0. The van der Waals surface area contributed by atoms with Crippen molar-refractivity contribution < 1.29 is 14.1 Å². The fraction of sp³-hybridized carbons (Fsp3) is 0.500. The Bertz CT molecular complexity index is 784. The van der Waals surface area contributed by atoms with Gasteiger partial charge in [-0.05, 0) is 24.6 Å². The molecular weight excluding hydrogens is 391 g/mol. The number of aromatic nitrogens is 2. The Morgan fingerprint density at radius 3 is 2.96 bits per heavy atom. The second-order valence-electron chi connectivity index (χ2n) is 6.52. The zero-order valence-electron chi connectivity index (χ0n) is 15.1. The minimum atomic E-state index is -0.0592. The lowest BCUT2D eigenvalue weighted by Crippen LogP contribution is -2.47. The van der Waals surface area contributed by atoms with Gasteiger partial charge in [0.1, 0.15) is 0 Å². The summed E-state index contributed by atoms with van der Waals surface area (Å²) in [5.74, 6) is 0.989. The van der Waals surface area contributed by atoms with Crippen molar-refractivity contribution in [3.05, 3.63) is 45.5 Å². The van der Waals surface area contributed by atoms with E-state index in [1.807, 2.05) is 18.2 Å². The van der Waals surface area contributed by atoms with Gasteiger partial charge in [-0.15, -0.1) is 0 Å². The van der Waals surface area contributed by atoms with Crippen LogP contribution in [0.3, 0.4) is 0 Å². The highest BCUT2D eigenvalue weighted by atomic mass is 35.5. The summed E-state index contributed by atoms with van der Waals surface area (Å²) in [7, 11) is 0. The fourth-order valence-electron chi connectivity index (χ4n) is 2.92. The van der Waals surface area contributed by atoms with Gasteiger partial charge in [0.2, 0.25) is 11.8 Å². The van der Waals surface area contributed by atoms with Gasteiger partial charge in [-0.2, -0.15) is 4.98 Å². The molecule has 1 aromatic heterocycles. The number of carbonyl (C=O) groups is 1. The van der Waals surface area contributed by atoms with Crippen molar-refractivity contribution >= 4 is 29.1 Å². The van der Waals surface area contributed by atoms with E-state index in [9.17, 15) is 4.79 Å². The number of morpholine rings is 1. The van der Waals surface area contributed by atoms with Gasteiger partial charge in [0.05, 0.1) is 22.8 Å². The van der Waals surface area contributed by atoms with Crippen LogP contribution < -0.4 is 5.32 Å². The van der Waals surface area contributed by atoms with Crippen LogP contribution >= 0.6 is 23.2 Å². The Balaban J connectivity index is 1.41. The Hall–Kier alpha value is -1.67. The van der Waals surface area contributed by atoms with Crippen molar-refractivity contribution in [3.63, 3.8) is 0 Å². The predicted molar refractivity (Wildman–Crippen MR) is 102 cm³/mol. The molecule has 1 amide bonds. The summed E-state index contributed by atoms with van der Waals surface area (Å²) >= 11 is 12.0. The molecule has 9 heteroatoms. The molecular formula is C18H22Cl2N4O3. The molecule has 0 saturated carbocycles. The highest BCUT2D eigenvalue weighted by Gasteiger charge is 2.21. The van der Waals surface area contributed by atoms with Crippen molar-refractivity contribution in [2.24, 2.45) is 0 Å². The third kappa shape index (κ3) is 6.17. The number of carbonyl (C=O) groups excluding carboxylic acids is 1. The lowest BCUT2D eigenvalue weighted by Gasteiger charge is -2.33. The van der Waals surface area contributed by atoms with Crippen LogP contribution in [0.25, 0.3) is 0 Å². The molecule has 0 bridgehead atoms. The summed E-state index contributed by atoms with van der Waals surface area (Å²) in [5, 5.41) is 7.73. The van der Waals surface area contributed by atoms with Crippen molar-refractivity contribution in [2.45, 2.75) is 32.4 Å². The van der Waals surface area contributed by atoms with Crippen LogP contribution in [0.4, 0.5) is 0 Å². The topological polar surface area (TPSA) is 80.5 Å². The number of ether oxygens (including phenoxy) is 1. The van der Waals surface area contributed by atoms with E-state index in [0.717, 1.165) is 25.2 Å². The van der Waals surface area contributed by atoms with E-state index in [4.69, 9.17) is 32.5 Å². The number of rotatable bonds is 7. The molecule has 0 aliphatic carbocycles. The number of hydrogen-bond acceptors (Lipinski definition) is 6. The van der Waals surface area contributed by atoms with Crippen molar-refractivity contribution in [1.29, 1.82) is 0 Å². The lowest BCUT2D eigenvalue weighted by atomic mass is 10.2. The smallest absolute Gasteiger partial charge is 0.227 e. The number of aryl methyl sites for hydroxylation is 2. The van der Waals surface area contributed by atoms with Gasteiger partial charge < -0.3 is 14.6 Å². The van der Waals surface area contributed by atoms with Gasteiger partial charge in [-0.1, -0.05) is 34.4 Å². The van der Waals surface area contributed by atoms with Crippen LogP contribution in [-0.2, 0) is 22.5 Å². The van der Waals surface area contributed by atoms with Crippen LogP contribution in [0.5, 0.6) is 0 Å². The van der Waals surface area contributed by atoms with Crippen molar-refractivity contribution in [2.75, 3.05) is 26.2 Å². The SMILES string of the molecule is Cc1noc(CCC(=O)NC[C@H]2CN(Cc3ccc(Cl)c(Cl)c3)CCO2)n1. The van der Waals surface area contributed by atoms with Gasteiger partial charge in [0, 0.05) is 39.0 Å². The number of nitrogens with zero attached hydrogens (tertiary/aromatic N) is 3. The molecule has 1 atom stereocenters. The summed E-state index contributed by atoms with van der Waals surface area (Å²) in [6.07, 6.45) is 0.694. The molecule has 1 N–H and O–H groups in total. The second kappa shape index (κ2) is 9.50. The molecule has 3 rings (SSSR count). The van der Waals surface area contributed by atoms with Gasteiger partial charge in [-0.3, -0.25) is 9.69 Å². The van der Waals surface area contributed by atoms with E-state index in [0.29, 0.717) is 47.8 Å². The normalized spacial score (nSPS) is 17.8. The van der Waals surface area contributed by atoms with E-state index in [1.54, 1.807) is 6.92 Å². The molecule has 27 heavy (non-hydrogen) atoms. The van der Waals surface area contributed by atoms with Gasteiger partial charge in [0.15, 0.2) is 5.82 Å². The van der Waals surface area contributed by atoms with E-state index in [2.05, 4.69) is 20.4 Å². The quantitative estimate of drug-likeness (QED) is 0.752. The Kier molecular flexibility index (Phi) is 7.07. The van der Waals surface area contributed by atoms with Crippen molar-refractivity contribution in [1.82, 2.24) is 20.4 Å². The van der Waals surface area contributed by atoms with Crippen LogP contribution in [0.15, 0.2) is 22.7 Å². The summed E-state index contributed by atoms with van der Waals surface area (Å²) in [6, 6.07) is 5.66. The van der Waals surface area contributed by atoms with Gasteiger partial charge >= 0.3 is 0 Å². The predicted octanol–water partition coefficient (Wildman–Crippen LogP) is 2.63. The molecule has 1 aromatic carbocycles. The highest BCUT2D eigenvalue weighted by Crippen LogP contribution is 2.23. The monoisotopic (exact) mass is 412 g/mol. The number of nitrogens with one attached hydrogen (secondary N) is 1. The molecule has 146 valence electrons. The maximum atomic E-state index is 12.0. The first kappa shape index (κ1) is 20.1. The maximum absolute atomic E-state index is 12.0. The lowest BCUT2D eigenvalue weighted by molar-refractivity contribution is -0.122. The summed E-state index contributed by atoms with van der Waals surface area (Å²) in [4.78, 5) is 18.4. The van der Waals surface area contributed by atoms with E-state index >= 15 is 0 Å². The van der Waals surface area contributed by atoms with Crippen LogP contribution in [0.1, 0.15) is 23.7 Å². The molecule has 0 unspecified atom stereocenters. The van der Waals surface area contributed by atoms with E-state index in [-0.39, 0.29) is 12.0 Å². The molecule has 0 spiro atoms. The first-order valence-electron chi connectivity index (χ1n) is 8.83. The Morgan fingerprint density at radius 2 is 2.22 bits per heavy atom. The maximum Gasteiger partial charge on any atom is 0.227 e. The second-order valence-corrected chi connectivity index (χ2v) is 7.33. The van der Waals surface area contributed by atoms with Crippen LogP contribution in [0, 0.1) is 6.92 Å². The number of hydrogen-bond donors (Lipinski definition) is 1. The molecule has 2 aromatic rings. The Labute approximate surface area is 168 Å². The first-order valence-corrected chi connectivity index (χ1v) is 9.59. The summed E-state index contributed by atoms with van der Waals surface area (Å²) in [6.45, 7) is 5.19. The molecule has 7 nitrogen and oxygen atoms in total. The molecule has 0 radical (unpaired) electrons. The molecule has 1 fully saturated rings. The molecule has 1 aliphatic rings. The van der Waals surface area contributed by atoms with Crippen molar-refractivity contribution in [3.8, 4) is 0 Å². The van der Waals surface area contributed by atoms with E-state index in [1.165, 1.54) is 0 Å². The molecule has 1 saturated heterocycles. The molecule has 1 aliphatic heterocycles. The van der Waals surface area contributed by atoms with E-state index < -0.39 is 0 Å². The average Bonchev–Trinajstić information content (AvgIpc) is 3.07. The minimum absolute atomic E-state index is 0.0453. The average molecular weight is 413 g/mol. The zero-order chi connectivity index (χ0) is 19.2. The highest BCUT2D eigenvalue weighted by molar-refractivity contribution is 6.42. The van der Waals surface area contributed by atoms with Gasteiger partial charge in [-0.25, -0.2) is 0 Å². The number of halogens is 2. The standard InChI is InChI=1S/C18H22Cl2N4O3/c1-12-22-18(27-23-12)5-4-17(25)21-9-14-11-24(6-7-26-14)10-13-2-3-15(19)16(20)8-13/h2-3,8,14H,4-7,9-11H2,1H3,(H,21,25)/t14-/m0/s1. The molecule has 2 heterocycles. The van der Waals surface area contributed by atoms with Crippen LogP contribution in [-0.4, -0.2) is 53.3 Å². The fourth-order valence-corrected chi connectivity index (χ4v) is 3.24. The summed E-state index contributed by atoms with van der Waals surface area (Å²) in [5.41, 5.74) is 1.10. The zero-order valence-corrected chi connectivity index (χ0v) is 16.6. The third-order valence-corrected chi connectivity index (χ3v) is 5.01. The minimum Gasteiger partial charge on any atom is -0.374 e. The number of amides is 1. The van der Waals surface area contributed by atoms with Gasteiger partial charge in [0.25, 0.3) is 0 Å². The largest absolute Gasteiger partial charge is 0.374 e. The Morgan fingerprint density at radius 1 is 1.37 bits per heavy atom. The third-order valence-electron chi connectivity index (χ3n) is 4.28.